The summed E-state index contributed by atoms with van der Waals surface area (Å²) in [6.45, 7) is 2.86. The lowest BCUT2D eigenvalue weighted by molar-refractivity contribution is -0.205. The van der Waals surface area contributed by atoms with E-state index in [9.17, 15) is 28.3 Å². The van der Waals surface area contributed by atoms with E-state index in [4.69, 9.17) is 9.84 Å². The van der Waals surface area contributed by atoms with E-state index in [2.05, 4.69) is 9.44 Å². The van der Waals surface area contributed by atoms with Crippen molar-refractivity contribution in [2.75, 3.05) is 6.61 Å². The third-order valence-electron chi connectivity index (χ3n) is 3.34. The van der Waals surface area contributed by atoms with Gasteiger partial charge < -0.3 is 29.7 Å². The number of nitrogens with zero attached hydrogens (tertiary/aromatic N) is 1. The van der Waals surface area contributed by atoms with Gasteiger partial charge in [0.1, 0.15) is 34.9 Å². The number of ether oxygens (including phenoxy) is 1. The summed E-state index contributed by atoms with van der Waals surface area (Å²) in [5, 5.41) is 41.8. The zero-order valence-electron chi connectivity index (χ0n) is 12.5. The van der Waals surface area contributed by atoms with Crippen molar-refractivity contribution in [1.82, 2.24) is 0 Å². The van der Waals surface area contributed by atoms with Crippen LogP contribution < -0.4 is 0 Å². The predicted octanol–water partition coefficient (Wildman–Crippen LogP) is -1.64. The topological polar surface area (TPSA) is 169 Å². The molecule has 1 fully saturated rings. The molecule has 4 N–H and O–H groups in total. The minimum atomic E-state index is -5.03. The van der Waals surface area contributed by atoms with E-state index in [1.165, 1.54) is 0 Å². The van der Waals surface area contributed by atoms with Crippen molar-refractivity contribution in [3.8, 4) is 0 Å². The fourth-order valence-electron chi connectivity index (χ4n) is 1.77. The van der Waals surface area contributed by atoms with Gasteiger partial charge in [0.25, 0.3) is 10.4 Å². The zero-order valence-corrected chi connectivity index (χ0v) is 14.1. The van der Waals surface area contributed by atoms with Crippen LogP contribution in [0.1, 0.15) is 20.3 Å². The molecule has 0 aromatic carbocycles. The van der Waals surface area contributed by atoms with Gasteiger partial charge in [0.05, 0.1) is 6.61 Å². The van der Waals surface area contributed by atoms with Crippen molar-refractivity contribution < 1.29 is 42.4 Å². The van der Waals surface area contributed by atoms with Gasteiger partial charge in [0.2, 0.25) is 0 Å². The molecule has 1 aliphatic rings. The Morgan fingerprint density at radius 2 is 1.96 bits per heavy atom. The van der Waals surface area contributed by atoms with Crippen LogP contribution in [0.3, 0.4) is 0 Å². The second-order valence-electron chi connectivity index (χ2n) is 5.04. The molecule has 0 radical (unpaired) electrons. The lowest BCUT2D eigenvalue weighted by atomic mass is 10.0. The van der Waals surface area contributed by atoms with Crippen LogP contribution in [0.5, 0.6) is 0 Å². The lowest BCUT2D eigenvalue weighted by Gasteiger charge is -2.39. The fourth-order valence-corrected chi connectivity index (χ4v) is 3.20. The Balaban J connectivity index is 2.93. The maximum absolute atomic E-state index is 10.5. The summed E-state index contributed by atoms with van der Waals surface area (Å²) in [5.41, 5.74) is -1.14. The Hall–Kier alpha value is -0.470. The van der Waals surface area contributed by atoms with E-state index >= 15 is 0 Å². The first-order valence-corrected chi connectivity index (χ1v) is 9.01. The third-order valence-corrected chi connectivity index (χ3v) is 4.94. The first-order valence-electron chi connectivity index (χ1n) is 6.80. The third kappa shape index (κ3) is 5.83. The Morgan fingerprint density at radius 1 is 1.35 bits per heavy atom. The first-order chi connectivity index (χ1) is 10.6. The van der Waals surface area contributed by atoms with Gasteiger partial charge in [-0.15, -0.1) is 0 Å². The minimum absolute atomic E-state index is 0.0521. The number of aliphatic hydroxyl groups is 4. The SMILES string of the molecule is CC[C@H](C)C(=NOS(=O)(=O)[O-])S[C@@H]1O[C@H](CO)[C@H](O)[C@H](O)[C@H]1O. The predicted molar refractivity (Wildman–Crippen MR) is 79.0 cm³/mol. The molecule has 136 valence electrons. The van der Waals surface area contributed by atoms with E-state index in [1.807, 2.05) is 0 Å². The largest absolute Gasteiger partial charge is 0.714 e. The van der Waals surface area contributed by atoms with Crippen LogP contribution in [-0.4, -0.2) is 74.9 Å². The molecule has 6 atom stereocenters. The highest BCUT2D eigenvalue weighted by Gasteiger charge is 2.44. The van der Waals surface area contributed by atoms with Crippen LogP contribution in [-0.2, 0) is 19.4 Å². The van der Waals surface area contributed by atoms with E-state index in [1.54, 1.807) is 13.8 Å². The molecule has 1 rings (SSSR count). The number of hydrogen-bond acceptors (Lipinski definition) is 11. The summed E-state index contributed by atoms with van der Waals surface area (Å²) in [6, 6.07) is 0. The second-order valence-corrected chi connectivity index (χ2v) is 7.12. The maximum atomic E-state index is 10.5. The number of aliphatic hydroxyl groups excluding tert-OH is 4. The molecule has 23 heavy (non-hydrogen) atoms. The Labute approximate surface area is 138 Å². The molecule has 0 unspecified atom stereocenters. The van der Waals surface area contributed by atoms with E-state index in [0.29, 0.717) is 6.42 Å². The highest BCUT2D eigenvalue weighted by atomic mass is 32.3. The highest BCUT2D eigenvalue weighted by molar-refractivity contribution is 8.14. The van der Waals surface area contributed by atoms with Gasteiger partial charge in [-0.05, 0) is 6.42 Å². The zero-order chi connectivity index (χ0) is 17.8. The molecule has 0 bridgehead atoms. The van der Waals surface area contributed by atoms with Gasteiger partial charge in [-0.2, -0.15) is 8.42 Å². The molecule has 1 aliphatic heterocycles. The lowest BCUT2D eigenvalue weighted by Crippen LogP contribution is -2.57. The average molecular weight is 374 g/mol. The molecule has 1 heterocycles. The summed E-state index contributed by atoms with van der Waals surface area (Å²) in [5.74, 6) is -0.325. The number of oxime groups is 1. The van der Waals surface area contributed by atoms with Gasteiger partial charge in [-0.3, -0.25) is 4.28 Å². The normalized spacial score (nSPS) is 34.2. The second kappa shape index (κ2) is 8.58. The van der Waals surface area contributed by atoms with Crippen molar-refractivity contribution in [2.45, 2.75) is 50.1 Å². The minimum Gasteiger partial charge on any atom is -0.714 e. The summed E-state index contributed by atoms with van der Waals surface area (Å²) in [7, 11) is -5.03. The molecule has 0 amide bonds. The van der Waals surface area contributed by atoms with E-state index < -0.39 is 46.9 Å². The van der Waals surface area contributed by atoms with E-state index in [0.717, 1.165) is 11.8 Å². The Kier molecular flexibility index (Phi) is 7.67. The summed E-state index contributed by atoms with van der Waals surface area (Å²) < 4.78 is 40.7. The molecule has 10 nitrogen and oxygen atoms in total. The van der Waals surface area contributed by atoms with Crippen LogP contribution in [0.25, 0.3) is 0 Å². The standard InChI is InChI=1S/C11H21NO9S2/c1-3-5(2)10(12-21-23(17,18)19)22-11-9(16)8(15)7(14)6(4-13)20-11/h5-9,11,13-16H,3-4H2,1-2H3,(H,17,18,19)/p-1/t5-,6+,7-,8-,9+,11-/m0/s1. The van der Waals surface area contributed by atoms with Gasteiger partial charge >= 0.3 is 0 Å². The molecule has 0 saturated carbocycles. The highest BCUT2D eigenvalue weighted by Crippen LogP contribution is 2.31. The van der Waals surface area contributed by atoms with Gasteiger partial charge in [0, 0.05) is 5.92 Å². The smallest absolute Gasteiger partial charge is 0.284 e. The number of hydrogen-bond donors (Lipinski definition) is 4. The van der Waals surface area contributed by atoms with Crippen LogP contribution in [0.15, 0.2) is 5.16 Å². The van der Waals surface area contributed by atoms with Gasteiger partial charge in [0.15, 0.2) is 0 Å². The monoisotopic (exact) mass is 374 g/mol. The molecular weight excluding hydrogens is 354 g/mol. The van der Waals surface area contributed by atoms with Crippen LogP contribution in [0, 0.1) is 5.92 Å². The van der Waals surface area contributed by atoms with Crippen LogP contribution >= 0.6 is 11.8 Å². The quantitative estimate of drug-likeness (QED) is 0.139. The summed E-state index contributed by atoms with van der Waals surface area (Å²) in [6.07, 6.45) is -5.18. The molecule has 0 aromatic rings. The van der Waals surface area contributed by atoms with E-state index in [-0.39, 0.29) is 11.0 Å². The van der Waals surface area contributed by atoms with Crippen molar-refractivity contribution >= 4 is 27.2 Å². The summed E-state index contributed by atoms with van der Waals surface area (Å²) in [4.78, 5) is 0. The molecule has 1 saturated heterocycles. The number of rotatable bonds is 6. The van der Waals surface area contributed by atoms with Crippen molar-refractivity contribution in [1.29, 1.82) is 0 Å². The van der Waals surface area contributed by atoms with Crippen molar-refractivity contribution in [3.63, 3.8) is 0 Å². The number of thioether (sulfide) groups is 1. The summed E-state index contributed by atoms with van der Waals surface area (Å²) >= 11 is 0.739. The Morgan fingerprint density at radius 3 is 2.43 bits per heavy atom. The van der Waals surface area contributed by atoms with Crippen LogP contribution in [0.4, 0.5) is 0 Å². The first kappa shape index (κ1) is 20.6. The van der Waals surface area contributed by atoms with Crippen LogP contribution in [0.2, 0.25) is 0 Å². The molecule has 0 aromatic heterocycles. The molecule has 12 heteroatoms. The maximum Gasteiger partial charge on any atom is 0.284 e. The van der Waals surface area contributed by atoms with Gasteiger partial charge in [-0.25, -0.2) is 0 Å². The van der Waals surface area contributed by atoms with Gasteiger partial charge in [-0.1, -0.05) is 30.8 Å². The average Bonchev–Trinajstić information content (AvgIpc) is 2.49. The molecule has 0 aliphatic carbocycles. The van der Waals surface area contributed by atoms with Crippen molar-refractivity contribution in [3.05, 3.63) is 0 Å². The molecular formula is C11H20NO9S2-. The Bertz CT molecular complexity index is 510. The fraction of sp³-hybridized carbons (Fsp3) is 0.909. The molecule has 0 spiro atoms. The van der Waals surface area contributed by atoms with Crippen molar-refractivity contribution in [2.24, 2.45) is 11.1 Å².